The van der Waals surface area contributed by atoms with Gasteiger partial charge in [-0.3, -0.25) is 0 Å². The molecule has 1 aromatic carbocycles. The second-order valence-corrected chi connectivity index (χ2v) is 5.53. The number of nitrogens with zero attached hydrogens (tertiary/aromatic N) is 2. The second kappa shape index (κ2) is 5.78. The topological polar surface area (TPSA) is 38.1 Å². The van der Waals surface area contributed by atoms with Gasteiger partial charge >= 0.3 is 0 Å². The number of thioether (sulfide) groups is 1. The number of imidazole rings is 1. The molecule has 2 aromatic rings. The third-order valence-corrected chi connectivity index (χ3v) is 4.12. The van der Waals surface area contributed by atoms with Gasteiger partial charge < -0.3 is 9.67 Å². The van der Waals surface area contributed by atoms with Gasteiger partial charge in [0.15, 0.2) is 0 Å². The van der Waals surface area contributed by atoms with Gasteiger partial charge in [-0.1, -0.05) is 23.7 Å². The zero-order valence-electron chi connectivity index (χ0n) is 10.3. The number of aliphatic hydroxyl groups excluding tert-OH is 1. The molecular formula is C13H15ClN2OS. The Hall–Kier alpha value is -0.970. The first-order valence-electron chi connectivity index (χ1n) is 5.65. The highest BCUT2D eigenvalue weighted by atomic mass is 35.5. The van der Waals surface area contributed by atoms with E-state index < -0.39 is 6.10 Å². The van der Waals surface area contributed by atoms with E-state index in [1.807, 2.05) is 35.9 Å². The smallest absolute Gasteiger partial charge is 0.128 e. The molecule has 18 heavy (non-hydrogen) atoms. The van der Waals surface area contributed by atoms with Crippen LogP contribution < -0.4 is 0 Å². The molecule has 0 radical (unpaired) electrons. The molecule has 0 fully saturated rings. The lowest BCUT2D eigenvalue weighted by atomic mass is 10.1. The summed E-state index contributed by atoms with van der Waals surface area (Å²) in [5, 5.41) is 10.1. The molecule has 1 heterocycles. The summed E-state index contributed by atoms with van der Waals surface area (Å²) in [4.78, 5) is 5.40. The summed E-state index contributed by atoms with van der Waals surface area (Å²) in [6.45, 7) is 1.76. The zero-order valence-corrected chi connectivity index (χ0v) is 11.9. The Bertz CT molecular complexity index is 522. The fraction of sp³-hybridized carbons (Fsp3) is 0.308. The van der Waals surface area contributed by atoms with Crippen molar-refractivity contribution in [2.45, 2.75) is 23.7 Å². The molecule has 2 rings (SSSR count). The Labute approximate surface area is 116 Å². The second-order valence-electron chi connectivity index (χ2n) is 4.09. The molecule has 1 aromatic heterocycles. The van der Waals surface area contributed by atoms with Gasteiger partial charge in [0.05, 0.1) is 18.1 Å². The normalized spacial score (nSPS) is 12.7. The van der Waals surface area contributed by atoms with Crippen LogP contribution in [-0.2, 0) is 12.8 Å². The summed E-state index contributed by atoms with van der Waals surface area (Å²) in [6, 6.07) is 7.91. The zero-order chi connectivity index (χ0) is 13.1. The highest BCUT2D eigenvalue weighted by molar-refractivity contribution is 7.98. The first-order chi connectivity index (χ1) is 8.58. The van der Waals surface area contributed by atoms with Crippen LogP contribution in [0.2, 0.25) is 5.15 Å². The van der Waals surface area contributed by atoms with Crippen molar-refractivity contribution < 1.29 is 5.11 Å². The summed E-state index contributed by atoms with van der Waals surface area (Å²) in [7, 11) is 1.90. The number of halogens is 1. The molecule has 0 aliphatic carbocycles. The fourth-order valence-corrected chi connectivity index (χ4v) is 2.59. The van der Waals surface area contributed by atoms with Crippen LogP contribution in [0.25, 0.3) is 0 Å². The molecule has 0 amide bonds. The van der Waals surface area contributed by atoms with Crippen LogP contribution in [0.1, 0.15) is 24.4 Å². The molecule has 3 nitrogen and oxygen atoms in total. The molecule has 1 N–H and O–H groups in total. The highest BCUT2D eigenvalue weighted by Gasteiger charge is 2.05. The first-order valence-corrected chi connectivity index (χ1v) is 7.01. The minimum atomic E-state index is -0.419. The summed E-state index contributed by atoms with van der Waals surface area (Å²) < 4.78 is 1.87. The van der Waals surface area contributed by atoms with Crippen LogP contribution in [0.5, 0.6) is 0 Å². The average Bonchev–Trinajstić information content (AvgIpc) is 2.68. The van der Waals surface area contributed by atoms with E-state index in [2.05, 4.69) is 4.98 Å². The maximum atomic E-state index is 9.43. The van der Waals surface area contributed by atoms with E-state index in [4.69, 9.17) is 11.6 Å². The fourth-order valence-electron chi connectivity index (χ4n) is 1.55. The lowest BCUT2D eigenvalue weighted by Crippen LogP contribution is -1.95. The Morgan fingerprint density at radius 2 is 2.06 bits per heavy atom. The third-order valence-electron chi connectivity index (χ3n) is 2.76. The van der Waals surface area contributed by atoms with Gasteiger partial charge in [-0.05, 0) is 24.6 Å². The predicted molar refractivity (Wildman–Crippen MR) is 74.9 cm³/mol. The number of benzene rings is 1. The van der Waals surface area contributed by atoms with Crippen LogP contribution in [-0.4, -0.2) is 14.7 Å². The minimum absolute atomic E-state index is 0.419. The van der Waals surface area contributed by atoms with Crippen LogP contribution in [0.4, 0.5) is 0 Å². The van der Waals surface area contributed by atoms with Gasteiger partial charge in [0.25, 0.3) is 0 Å². The Balaban J connectivity index is 2.00. The van der Waals surface area contributed by atoms with Crippen LogP contribution in [0.15, 0.2) is 35.4 Å². The highest BCUT2D eigenvalue weighted by Crippen LogP contribution is 2.24. The van der Waals surface area contributed by atoms with Crippen molar-refractivity contribution in [3.05, 3.63) is 47.0 Å². The predicted octanol–water partition coefficient (Wildman–Crippen LogP) is 3.42. The molecule has 96 valence electrons. The summed E-state index contributed by atoms with van der Waals surface area (Å²) in [6.07, 6.45) is 1.24. The SMILES string of the molecule is CC(O)c1ccc(SCc2ncc(Cl)n2C)cc1. The first kappa shape index (κ1) is 13.5. The molecule has 0 spiro atoms. The summed E-state index contributed by atoms with van der Waals surface area (Å²) in [5.41, 5.74) is 0.930. The molecule has 0 saturated heterocycles. The van der Waals surface area contributed by atoms with E-state index in [-0.39, 0.29) is 0 Å². The molecular weight excluding hydrogens is 268 g/mol. The third kappa shape index (κ3) is 3.07. The summed E-state index contributed by atoms with van der Waals surface area (Å²) >= 11 is 7.63. The quantitative estimate of drug-likeness (QED) is 0.873. The minimum Gasteiger partial charge on any atom is -0.389 e. The largest absolute Gasteiger partial charge is 0.389 e. The van der Waals surface area contributed by atoms with Gasteiger partial charge in [-0.15, -0.1) is 11.8 Å². The van der Waals surface area contributed by atoms with E-state index in [9.17, 15) is 5.11 Å². The number of hydrogen-bond acceptors (Lipinski definition) is 3. The molecule has 0 saturated carbocycles. The Morgan fingerprint density at radius 1 is 1.39 bits per heavy atom. The van der Waals surface area contributed by atoms with Crippen molar-refractivity contribution in [2.75, 3.05) is 0 Å². The number of aromatic nitrogens is 2. The van der Waals surface area contributed by atoms with Gasteiger partial charge in [0.2, 0.25) is 0 Å². The number of rotatable bonds is 4. The maximum Gasteiger partial charge on any atom is 0.128 e. The van der Waals surface area contributed by atoms with Crippen molar-refractivity contribution in [1.29, 1.82) is 0 Å². The standard InChI is InChI=1S/C13H15ClN2OS/c1-9(17)10-3-5-11(6-4-10)18-8-13-15-7-12(14)16(13)2/h3-7,9,17H,8H2,1-2H3. The Morgan fingerprint density at radius 3 is 2.56 bits per heavy atom. The maximum absolute atomic E-state index is 9.43. The number of hydrogen-bond donors (Lipinski definition) is 1. The van der Waals surface area contributed by atoms with Gasteiger partial charge in [-0.25, -0.2) is 4.98 Å². The number of aliphatic hydroxyl groups is 1. The van der Waals surface area contributed by atoms with Crippen LogP contribution >= 0.6 is 23.4 Å². The average molecular weight is 283 g/mol. The van der Waals surface area contributed by atoms with Crippen molar-refractivity contribution in [3.63, 3.8) is 0 Å². The Kier molecular flexibility index (Phi) is 4.32. The van der Waals surface area contributed by atoms with E-state index in [0.29, 0.717) is 5.15 Å². The van der Waals surface area contributed by atoms with Crippen molar-refractivity contribution >= 4 is 23.4 Å². The molecule has 0 aliphatic rings. The van der Waals surface area contributed by atoms with E-state index >= 15 is 0 Å². The molecule has 1 atom stereocenters. The lowest BCUT2D eigenvalue weighted by Gasteiger charge is -2.06. The molecule has 0 aliphatic heterocycles. The monoisotopic (exact) mass is 282 g/mol. The van der Waals surface area contributed by atoms with Crippen molar-refractivity contribution in [1.82, 2.24) is 9.55 Å². The van der Waals surface area contributed by atoms with E-state index in [1.165, 1.54) is 0 Å². The van der Waals surface area contributed by atoms with Crippen molar-refractivity contribution in [2.24, 2.45) is 7.05 Å². The van der Waals surface area contributed by atoms with Gasteiger partial charge in [0.1, 0.15) is 11.0 Å². The lowest BCUT2D eigenvalue weighted by molar-refractivity contribution is 0.199. The van der Waals surface area contributed by atoms with E-state index in [0.717, 1.165) is 22.0 Å². The van der Waals surface area contributed by atoms with Gasteiger partial charge in [0, 0.05) is 11.9 Å². The molecule has 5 heteroatoms. The van der Waals surface area contributed by atoms with Crippen LogP contribution in [0, 0.1) is 0 Å². The molecule has 1 unspecified atom stereocenters. The van der Waals surface area contributed by atoms with Crippen LogP contribution in [0.3, 0.4) is 0 Å². The summed E-state index contributed by atoms with van der Waals surface area (Å²) in [5.74, 6) is 1.72. The van der Waals surface area contributed by atoms with E-state index in [1.54, 1.807) is 24.9 Å². The van der Waals surface area contributed by atoms with Crippen molar-refractivity contribution in [3.8, 4) is 0 Å². The molecule has 0 bridgehead atoms. The van der Waals surface area contributed by atoms with Gasteiger partial charge in [-0.2, -0.15) is 0 Å².